The van der Waals surface area contributed by atoms with E-state index in [1.807, 2.05) is 36.4 Å². The van der Waals surface area contributed by atoms with Gasteiger partial charge in [0.1, 0.15) is 34.5 Å². The van der Waals surface area contributed by atoms with Gasteiger partial charge in [0.05, 0.1) is 47.1 Å². The number of methoxy groups -OCH3 is 6. The normalized spacial score (nSPS) is 16.7. The van der Waals surface area contributed by atoms with Crippen LogP contribution in [0.25, 0.3) is 11.6 Å². The van der Waals surface area contributed by atoms with Gasteiger partial charge in [-0.25, -0.2) is 0 Å². The summed E-state index contributed by atoms with van der Waals surface area (Å²) in [6, 6.07) is 24.3. The van der Waals surface area contributed by atoms with Crippen LogP contribution in [0, 0.1) is 0 Å². The molecule has 0 N–H and O–H groups in total. The van der Waals surface area contributed by atoms with Crippen molar-refractivity contribution in [2.75, 3.05) is 42.7 Å². The molecule has 4 aromatic carbocycles. The Morgan fingerprint density at radius 1 is 0.537 bits per heavy atom. The van der Waals surface area contributed by atoms with E-state index in [2.05, 4.69) is 58.4 Å². The summed E-state index contributed by atoms with van der Waals surface area (Å²) in [6.07, 6.45) is 2.22. The molecule has 0 aliphatic heterocycles. The number of benzene rings is 4. The first-order valence-electron chi connectivity index (χ1n) is 13.1. The first-order chi connectivity index (χ1) is 20.0. The van der Waals surface area contributed by atoms with E-state index in [-0.39, 0.29) is 11.8 Å². The lowest BCUT2D eigenvalue weighted by atomic mass is 9.79. The van der Waals surface area contributed by atoms with Crippen LogP contribution in [0.2, 0.25) is 0 Å². The predicted molar refractivity (Wildman–Crippen MR) is 165 cm³/mol. The Kier molecular flexibility index (Phi) is 8.45. The Hall–Kier alpha value is -4.10. The fraction of sp³-hybridized carbons (Fsp3) is 0.235. The molecule has 5 rings (SSSR count). The molecule has 41 heavy (non-hydrogen) atoms. The lowest BCUT2D eigenvalue weighted by Gasteiger charge is -2.25. The zero-order valence-electron chi connectivity index (χ0n) is 24.0. The van der Waals surface area contributed by atoms with Crippen LogP contribution in [0.5, 0.6) is 34.5 Å². The molecule has 0 amide bonds. The van der Waals surface area contributed by atoms with Gasteiger partial charge in [-0.1, -0.05) is 30.3 Å². The van der Waals surface area contributed by atoms with Crippen molar-refractivity contribution < 1.29 is 28.4 Å². The van der Waals surface area contributed by atoms with E-state index in [9.17, 15) is 0 Å². The molecule has 212 valence electrons. The topological polar surface area (TPSA) is 55.4 Å². The summed E-state index contributed by atoms with van der Waals surface area (Å²) >= 11 is 3.90. The third kappa shape index (κ3) is 5.34. The average Bonchev–Trinajstić information content (AvgIpc) is 3.36. The Labute approximate surface area is 249 Å². The summed E-state index contributed by atoms with van der Waals surface area (Å²) < 4.78 is 35.0. The molecular formula is C34H33BrO6. The minimum absolute atomic E-state index is 0.102. The van der Waals surface area contributed by atoms with Crippen LogP contribution in [0.4, 0.5) is 0 Å². The van der Waals surface area contributed by atoms with Crippen LogP contribution in [0.1, 0.15) is 39.7 Å². The molecule has 0 saturated heterocycles. The first-order valence-corrected chi connectivity index (χ1v) is 13.9. The summed E-state index contributed by atoms with van der Waals surface area (Å²) in [5.74, 6) is 4.25. The quantitative estimate of drug-likeness (QED) is 0.190. The van der Waals surface area contributed by atoms with Crippen LogP contribution in [-0.2, 0) is 0 Å². The fourth-order valence-electron chi connectivity index (χ4n) is 5.63. The summed E-state index contributed by atoms with van der Waals surface area (Å²) in [4.78, 5) is 0. The molecule has 2 atom stereocenters. The second-order valence-electron chi connectivity index (χ2n) is 9.63. The van der Waals surface area contributed by atoms with Gasteiger partial charge < -0.3 is 28.4 Å². The monoisotopic (exact) mass is 616 g/mol. The number of hydrogen-bond donors (Lipinski definition) is 0. The third-order valence-corrected chi connectivity index (χ3v) is 8.37. The Balaban J connectivity index is 1.87. The molecule has 0 fully saturated rings. The van der Waals surface area contributed by atoms with E-state index >= 15 is 0 Å². The zero-order valence-corrected chi connectivity index (χ0v) is 25.6. The van der Waals surface area contributed by atoms with Crippen molar-refractivity contribution in [2.24, 2.45) is 0 Å². The second-order valence-corrected chi connectivity index (χ2v) is 10.4. The van der Waals surface area contributed by atoms with Gasteiger partial charge in [-0.2, -0.15) is 0 Å². The van der Waals surface area contributed by atoms with Crippen molar-refractivity contribution in [3.05, 3.63) is 105 Å². The van der Waals surface area contributed by atoms with E-state index in [1.54, 1.807) is 42.7 Å². The minimum atomic E-state index is -0.123. The molecule has 7 heteroatoms. The highest BCUT2D eigenvalue weighted by Crippen LogP contribution is 2.61. The van der Waals surface area contributed by atoms with Gasteiger partial charge >= 0.3 is 0 Å². The SMILES string of the molecule is COc1ccc(/C=C2/c3c(Br)c(OC)cc(OC)c3C(c3ccc(OC)cc3)C2c2cc(OC)cc(OC)c2)cc1. The molecule has 6 nitrogen and oxygen atoms in total. The van der Waals surface area contributed by atoms with Gasteiger partial charge in [-0.15, -0.1) is 0 Å². The fourth-order valence-corrected chi connectivity index (χ4v) is 6.35. The molecule has 2 unspecified atom stereocenters. The van der Waals surface area contributed by atoms with Crippen molar-refractivity contribution in [2.45, 2.75) is 11.8 Å². The van der Waals surface area contributed by atoms with Gasteiger partial charge in [0.25, 0.3) is 0 Å². The number of rotatable bonds is 9. The highest BCUT2D eigenvalue weighted by Gasteiger charge is 2.43. The van der Waals surface area contributed by atoms with Gasteiger partial charge in [0.15, 0.2) is 0 Å². The van der Waals surface area contributed by atoms with Gasteiger partial charge in [0, 0.05) is 35.1 Å². The molecule has 0 radical (unpaired) electrons. The molecular weight excluding hydrogens is 584 g/mol. The standard InChI is InChI=1S/C34H33BrO6/c1-36-23-11-7-20(8-12-23)15-27-30(22-16-25(38-3)18-26(17-22)39-4)31(21-9-13-24(37-2)14-10-21)33-28(40-5)19-29(41-6)34(35)32(27)33/h7-19,30-31H,1-6H3/b27-15+. The summed E-state index contributed by atoms with van der Waals surface area (Å²) in [7, 11) is 10.0. The van der Waals surface area contributed by atoms with E-state index in [0.717, 1.165) is 66.6 Å². The summed E-state index contributed by atoms with van der Waals surface area (Å²) in [5, 5.41) is 0. The number of fused-ring (bicyclic) bond motifs is 1. The smallest absolute Gasteiger partial charge is 0.137 e. The maximum Gasteiger partial charge on any atom is 0.137 e. The van der Waals surface area contributed by atoms with Crippen molar-refractivity contribution in [1.29, 1.82) is 0 Å². The number of ether oxygens (including phenoxy) is 6. The van der Waals surface area contributed by atoms with E-state index in [0.29, 0.717) is 5.75 Å². The van der Waals surface area contributed by atoms with Crippen molar-refractivity contribution in [3.8, 4) is 34.5 Å². The van der Waals surface area contributed by atoms with E-state index in [4.69, 9.17) is 28.4 Å². The van der Waals surface area contributed by atoms with Crippen molar-refractivity contribution >= 4 is 27.6 Å². The van der Waals surface area contributed by atoms with Gasteiger partial charge in [-0.3, -0.25) is 0 Å². The Morgan fingerprint density at radius 2 is 1.07 bits per heavy atom. The maximum absolute atomic E-state index is 6.04. The number of hydrogen-bond acceptors (Lipinski definition) is 6. The number of halogens is 1. The highest BCUT2D eigenvalue weighted by atomic mass is 79.9. The average molecular weight is 618 g/mol. The lowest BCUT2D eigenvalue weighted by molar-refractivity contribution is 0.388. The van der Waals surface area contributed by atoms with Crippen LogP contribution >= 0.6 is 15.9 Å². The van der Waals surface area contributed by atoms with Crippen molar-refractivity contribution in [3.63, 3.8) is 0 Å². The van der Waals surface area contributed by atoms with E-state index in [1.165, 1.54) is 0 Å². The Bertz CT molecular complexity index is 1540. The second kappa shape index (κ2) is 12.2. The summed E-state index contributed by atoms with van der Waals surface area (Å²) in [5.41, 5.74) is 6.40. The Morgan fingerprint density at radius 3 is 1.59 bits per heavy atom. The third-order valence-electron chi connectivity index (χ3n) is 7.59. The molecule has 4 aromatic rings. The van der Waals surface area contributed by atoms with Crippen LogP contribution < -0.4 is 28.4 Å². The molecule has 0 heterocycles. The van der Waals surface area contributed by atoms with Crippen LogP contribution in [0.3, 0.4) is 0 Å². The molecule has 0 bridgehead atoms. The van der Waals surface area contributed by atoms with Gasteiger partial charge in [-0.05, 0) is 74.6 Å². The van der Waals surface area contributed by atoms with Crippen molar-refractivity contribution in [1.82, 2.24) is 0 Å². The summed E-state index contributed by atoms with van der Waals surface area (Å²) in [6.45, 7) is 0. The van der Waals surface area contributed by atoms with Gasteiger partial charge in [0.2, 0.25) is 0 Å². The minimum Gasteiger partial charge on any atom is -0.497 e. The number of allylic oxidation sites excluding steroid dienone is 1. The first kappa shape index (κ1) is 28.4. The molecule has 0 spiro atoms. The molecule has 1 aliphatic carbocycles. The van der Waals surface area contributed by atoms with E-state index < -0.39 is 0 Å². The largest absolute Gasteiger partial charge is 0.497 e. The molecule has 0 aromatic heterocycles. The maximum atomic E-state index is 6.04. The van der Waals surface area contributed by atoms with Crippen LogP contribution in [0.15, 0.2) is 77.3 Å². The molecule has 1 aliphatic rings. The predicted octanol–water partition coefficient (Wildman–Crippen LogP) is 7.97. The highest BCUT2D eigenvalue weighted by molar-refractivity contribution is 9.10. The molecule has 0 saturated carbocycles. The zero-order chi connectivity index (χ0) is 29.1. The lowest BCUT2D eigenvalue weighted by Crippen LogP contribution is -2.09. The van der Waals surface area contributed by atoms with Crippen LogP contribution in [-0.4, -0.2) is 42.7 Å².